The molecule has 5 nitrogen and oxygen atoms in total. The second-order valence-corrected chi connectivity index (χ2v) is 4.78. The molecule has 19 heavy (non-hydrogen) atoms. The number of halogens is 1. The molecule has 100 valence electrons. The Kier molecular flexibility index (Phi) is 3.59. The third kappa shape index (κ3) is 2.62. The second-order valence-electron chi connectivity index (χ2n) is 4.37. The summed E-state index contributed by atoms with van der Waals surface area (Å²) in [6.45, 7) is 3.90. The fourth-order valence-corrected chi connectivity index (χ4v) is 2.14. The number of nitro groups is 1. The number of aryl methyl sites for hydroxylation is 2. The average Bonchev–Trinajstić information content (AvgIpc) is 2.82. The highest BCUT2D eigenvalue weighted by atomic mass is 35.5. The van der Waals surface area contributed by atoms with E-state index in [-0.39, 0.29) is 5.88 Å². The molecular weight excluding hydrogens is 268 g/mol. The van der Waals surface area contributed by atoms with Crippen molar-refractivity contribution in [2.24, 2.45) is 5.73 Å². The van der Waals surface area contributed by atoms with Crippen LogP contribution in [0.15, 0.2) is 28.7 Å². The SMILES string of the molecule is Cc1cc(Cl)c(C(N)c2ccc([N+](=O)[O-])o2)cc1C. The topological polar surface area (TPSA) is 82.3 Å². The van der Waals surface area contributed by atoms with Crippen molar-refractivity contribution in [2.75, 3.05) is 0 Å². The molecule has 0 aliphatic rings. The molecular formula is C13H13ClN2O3. The molecule has 0 fully saturated rings. The van der Waals surface area contributed by atoms with Gasteiger partial charge in [0.2, 0.25) is 0 Å². The van der Waals surface area contributed by atoms with Gasteiger partial charge in [-0.3, -0.25) is 10.1 Å². The second kappa shape index (κ2) is 5.03. The summed E-state index contributed by atoms with van der Waals surface area (Å²) in [6.07, 6.45) is 0. The number of nitrogens with two attached hydrogens (primary N) is 1. The van der Waals surface area contributed by atoms with Crippen LogP contribution in [-0.2, 0) is 0 Å². The van der Waals surface area contributed by atoms with E-state index in [4.69, 9.17) is 21.8 Å². The predicted octanol–water partition coefficient (Wildman–Crippen LogP) is 3.51. The lowest BCUT2D eigenvalue weighted by Crippen LogP contribution is -2.12. The molecule has 0 spiro atoms. The molecule has 0 saturated carbocycles. The van der Waals surface area contributed by atoms with E-state index in [0.29, 0.717) is 16.3 Å². The quantitative estimate of drug-likeness (QED) is 0.689. The van der Waals surface area contributed by atoms with Crippen molar-refractivity contribution in [2.45, 2.75) is 19.9 Å². The van der Waals surface area contributed by atoms with Crippen LogP contribution >= 0.6 is 11.6 Å². The van der Waals surface area contributed by atoms with E-state index < -0.39 is 11.0 Å². The molecule has 0 bridgehead atoms. The minimum atomic E-state index is -0.625. The fourth-order valence-electron chi connectivity index (χ4n) is 1.80. The smallest absolute Gasteiger partial charge is 0.404 e. The first-order chi connectivity index (χ1) is 8.90. The largest absolute Gasteiger partial charge is 0.433 e. The molecule has 0 aliphatic heterocycles. The van der Waals surface area contributed by atoms with Gasteiger partial charge in [0.15, 0.2) is 0 Å². The lowest BCUT2D eigenvalue weighted by Gasteiger charge is -2.13. The van der Waals surface area contributed by atoms with Crippen molar-refractivity contribution in [1.29, 1.82) is 0 Å². The van der Waals surface area contributed by atoms with E-state index in [1.165, 1.54) is 12.1 Å². The van der Waals surface area contributed by atoms with E-state index in [1.54, 1.807) is 0 Å². The van der Waals surface area contributed by atoms with E-state index in [2.05, 4.69) is 0 Å². The fraction of sp³-hybridized carbons (Fsp3) is 0.231. The van der Waals surface area contributed by atoms with Crippen molar-refractivity contribution in [3.63, 3.8) is 0 Å². The first-order valence-electron chi connectivity index (χ1n) is 5.66. The molecule has 0 saturated heterocycles. The average molecular weight is 281 g/mol. The lowest BCUT2D eigenvalue weighted by molar-refractivity contribution is -0.402. The number of nitrogens with zero attached hydrogens (tertiary/aromatic N) is 1. The molecule has 6 heteroatoms. The number of furan rings is 1. The van der Waals surface area contributed by atoms with Crippen molar-refractivity contribution >= 4 is 17.5 Å². The zero-order valence-electron chi connectivity index (χ0n) is 10.5. The van der Waals surface area contributed by atoms with Gasteiger partial charge in [0.05, 0.1) is 12.1 Å². The first-order valence-corrected chi connectivity index (χ1v) is 6.04. The van der Waals surface area contributed by atoms with Crippen molar-refractivity contribution < 1.29 is 9.34 Å². The van der Waals surface area contributed by atoms with Gasteiger partial charge in [-0.25, -0.2) is 0 Å². The van der Waals surface area contributed by atoms with Crippen LogP contribution in [-0.4, -0.2) is 4.92 Å². The standard InChI is InChI=1S/C13H13ClN2O3/c1-7-5-9(10(14)6-8(7)2)13(15)11-3-4-12(19-11)16(17)18/h3-6,13H,15H2,1-2H3. The number of hydrogen-bond acceptors (Lipinski definition) is 4. The van der Waals surface area contributed by atoms with Gasteiger partial charge >= 0.3 is 5.88 Å². The summed E-state index contributed by atoms with van der Waals surface area (Å²) in [5.74, 6) is -0.0118. The Morgan fingerprint density at radius 1 is 1.32 bits per heavy atom. The highest BCUT2D eigenvalue weighted by Crippen LogP contribution is 2.31. The molecule has 1 heterocycles. The van der Waals surface area contributed by atoms with Gasteiger partial charge < -0.3 is 10.2 Å². The highest BCUT2D eigenvalue weighted by molar-refractivity contribution is 6.31. The van der Waals surface area contributed by atoms with Gasteiger partial charge in [0.1, 0.15) is 10.7 Å². The molecule has 1 aromatic carbocycles. The third-order valence-electron chi connectivity index (χ3n) is 3.05. The molecule has 1 aromatic heterocycles. The lowest BCUT2D eigenvalue weighted by atomic mass is 10.00. The van der Waals surface area contributed by atoms with Gasteiger partial charge in [0, 0.05) is 5.02 Å². The van der Waals surface area contributed by atoms with E-state index in [1.807, 2.05) is 26.0 Å². The Morgan fingerprint density at radius 2 is 1.95 bits per heavy atom. The Bertz CT molecular complexity index is 637. The Balaban J connectivity index is 2.40. The van der Waals surface area contributed by atoms with Crippen LogP contribution in [0.2, 0.25) is 5.02 Å². The monoisotopic (exact) mass is 280 g/mol. The van der Waals surface area contributed by atoms with Crippen LogP contribution in [0.25, 0.3) is 0 Å². The third-order valence-corrected chi connectivity index (χ3v) is 3.37. The molecule has 0 radical (unpaired) electrons. The number of rotatable bonds is 3. The maximum atomic E-state index is 10.6. The van der Waals surface area contributed by atoms with E-state index >= 15 is 0 Å². The van der Waals surface area contributed by atoms with E-state index in [9.17, 15) is 10.1 Å². The number of benzene rings is 1. The summed E-state index contributed by atoms with van der Waals surface area (Å²) < 4.78 is 5.10. The summed E-state index contributed by atoms with van der Waals surface area (Å²) in [7, 11) is 0. The van der Waals surface area contributed by atoms with Crippen LogP contribution in [0.4, 0.5) is 5.88 Å². The van der Waals surface area contributed by atoms with Crippen molar-refractivity contribution in [3.05, 3.63) is 61.9 Å². The summed E-state index contributed by atoms with van der Waals surface area (Å²) in [5, 5.41) is 11.1. The summed E-state index contributed by atoms with van der Waals surface area (Å²) in [4.78, 5) is 9.99. The van der Waals surface area contributed by atoms with Gasteiger partial charge in [-0.2, -0.15) is 0 Å². The van der Waals surface area contributed by atoms with Crippen molar-refractivity contribution in [1.82, 2.24) is 0 Å². The zero-order valence-corrected chi connectivity index (χ0v) is 11.3. The maximum Gasteiger partial charge on any atom is 0.433 e. The molecule has 1 unspecified atom stereocenters. The van der Waals surface area contributed by atoms with Crippen LogP contribution in [0.3, 0.4) is 0 Å². The van der Waals surface area contributed by atoms with Crippen LogP contribution < -0.4 is 5.73 Å². The van der Waals surface area contributed by atoms with Crippen LogP contribution in [0.5, 0.6) is 0 Å². The van der Waals surface area contributed by atoms with Crippen LogP contribution in [0, 0.1) is 24.0 Å². The van der Waals surface area contributed by atoms with E-state index in [0.717, 1.165) is 11.1 Å². The maximum absolute atomic E-state index is 10.6. The summed E-state index contributed by atoms with van der Waals surface area (Å²) in [6, 6.07) is 5.85. The summed E-state index contributed by atoms with van der Waals surface area (Å²) >= 11 is 6.16. The molecule has 2 aromatic rings. The van der Waals surface area contributed by atoms with Crippen molar-refractivity contribution in [3.8, 4) is 0 Å². The molecule has 0 aliphatic carbocycles. The minimum Gasteiger partial charge on any atom is -0.404 e. The van der Waals surface area contributed by atoms with Gasteiger partial charge in [-0.1, -0.05) is 17.7 Å². The predicted molar refractivity (Wildman–Crippen MR) is 72.3 cm³/mol. The van der Waals surface area contributed by atoms with Gasteiger partial charge in [-0.15, -0.1) is 0 Å². The van der Waals surface area contributed by atoms with Gasteiger partial charge in [0.25, 0.3) is 0 Å². The Labute approximate surface area is 115 Å². The minimum absolute atomic E-state index is 0.317. The molecule has 1 atom stereocenters. The molecule has 2 N–H and O–H groups in total. The Hall–Kier alpha value is -1.85. The molecule has 2 rings (SSSR count). The molecule has 0 amide bonds. The van der Waals surface area contributed by atoms with Crippen LogP contribution in [0.1, 0.15) is 28.5 Å². The normalized spacial score (nSPS) is 12.4. The first kappa shape index (κ1) is 13.6. The highest BCUT2D eigenvalue weighted by Gasteiger charge is 2.20. The van der Waals surface area contributed by atoms with Gasteiger partial charge in [-0.05, 0) is 42.7 Å². The summed E-state index contributed by atoms with van der Waals surface area (Å²) in [5.41, 5.74) is 8.85. The zero-order chi connectivity index (χ0) is 14.2. The Morgan fingerprint density at radius 3 is 2.53 bits per heavy atom. The number of hydrogen-bond donors (Lipinski definition) is 1.